The van der Waals surface area contributed by atoms with Gasteiger partial charge in [-0.1, -0.05) is 12.1 Å². The van der Waals surface area contributed by atoms with E-state index in [1.807, 2.05) is 12.1 Å². The van der Waals surface area contributed by atoms with Gasteiger partial charge < -0.3 is 19.9 Å². The quantitative estimate of drug-likeness (QED) is 0.768. The molecule has 0 aromatic heterocycles. The summed E-state index contributed by atoms with van der Waals surface area (Å²) in [5.41, 5.74) is 1.43. The first kappa shape index (κ1) is 18.5. The fourth-order valence-electron chi connectivity index (χ4n) is 2.44. The number of benzene rings is 2. The lowest BCUT2D eigenvalue weighted by molar-refractivity contribution is -0.115. The van der Waals surface area contributed by atoms with E-state index >= 15 is 0 Å². The van der Waals surface area contributed by atoms with Crippen LogP contribution in [0.25, 0.3) is 6.08 Å². The third kappa shape index (κ3) is 4.12. The molecule has 3 rings (SSSR count). The molecule has 1 saturated heterocycles. The van der Waals surface area contributed by atoms with E-state index < -0.39 is 5.97 Å². The number of amidine groups is 1. The largest absolute Gasteiger partial charge is 0.493 e. The Morgan fingerprint density at radius 3 is 2.52 bits per heavy atom. The molecule has 138 valence electrons. The van der Waals surface area contributed by atoms with Crippen molar-refractivity contribution in [3.63, 3.8) is 0 Å². The van der Waals surface area contributed by atoms with Gasteiger partial charge in [-0.25, -0.2) is 9.79 Å². The summed E-state index contributed by atoms with van der Waals surface area (Å²) >= 11 is 1.19. The molecule has 2 aromatic rings. The lowest BCUT2D eigenvalue weighted by Crippen LogP contribution is -2.19. The Morgan fingerprint density at radius 2 is 1.89 bits per heavy atom. The summed E-state index contributed by atoms with van der Waals surface area (Å²) in [5.74, 6) is -0.167. The van der Waals surface area contributed by atoms with Crippen molar-refractivity contribution in [1.29, 1.82) is 0 Å². The van der Waals surface area contributed by atoms with Gasteiger partial charge >= 0.3 is 5.97 Å². The van der Waals surface area contributed by atoms with Gasteiger partial charge in [-0.05, 0) is 48.2 Å². The minimum atomic E-state index is -1.00. The average Bonchev–Trinajstić information content (AvgIpc) is 3.00. The van der Waals surface area contributed by atoms with Crippen molar-refractivity contribution in [3.05, 3.63) is 58.5 Å². The summed E-state index contributed by atoms with van der Waals surface area (Å²) in [6, 6.07) is 11.5. The number of methoxy groups -OCH3 is 2. The van der Waals surface area contributed by atoms with Crippen LogP contribution in [0.3, 0.4) is 0 Å². The zero-order valence-electron chi connectivity index (χ0n) is 14.6. The molecule has 0 bridgehead atoms. The molecular weight excluding hydrogens is 368 g/mol. The first-order chi connectivity index (χ1) is 13.0. The van der Waals surface area contributed by atoms with Crippen molar-refractivity contribution in [2.24, 2.45) is 4.99 Å². The molecule has 7 nitrogen and oxygen atoms in total. The minimum absolute atomic E-state index is 0.174. The minimum Gasteiger partial charge on any atom is -0.493 e. The van der Waals surface area contributed by atoms with Gasteiger partial charge in [-0.15, -0.1) is 0 Å². The summed E-state index contributed by atoms with van der Waals surface area (Å²) in [7, 11) is 3.08. The van der Waals surface area contributed by atoms with Crippen molar-refractivity contribution in [2.45, 2.75) is 0 Å². The maximum atomic E-state index is 12.2. The zero-order valence-corrected chi connectivity index (χ0v) is 15.4. The van der Waals surface area contributed by atoms with Crippen molar-refractivity contribution < 1.29 is 24.2 Å². The summed E-state index contributed by atoms with van der Waals surface area (Å²) in [6.45, 7) is 0. The first-order valence-electron chi connectivity index (χ1n) is 7.85. The van der Waals surface area contributed by atoms with Gasteiger partial charge in [0.05, 0.1) is 30.4 Å². The van der Waals surface area contributed by atoms with E-state index in [9.17, 15) is 9.59 Å². The number of amides is 1. The Bertz CT molecular complexity index is 951. The first-order valence-corrected chi connectivity index (χ1v) is 8.67. The Morgan fingerprint density at radius 1 is 1.15 bits per heavy atom. The van der Waals surface area contributed by atoms with Crippen LogP contribution in [0.2, 0.25) is 0 Å². The van der Waals surface area contributed by atoms with Crippen LogP contribution in [0, 0.1) is 0 Å². The van der Waals surface area contributed by atoms with E-state index in [4.69, 9.17) is 14.6 Å². The van der Waals surface area contributed by atoms with Crippen LogP contribution in [-0.4, -0.2) is 36.4 Å². The van der Waals surface area contributed by atoms with Gasteiger partial charge in [-0.3, -0.25) is 4.79 Å². The number of rotatable bonds is 5. The fourth-order valence-corrected chi connectivity index (χ4v) is 3.28. The number of carbonyl (C=O) groups is 2. The highest BCUT2D eigenvalue weighted by Crippen LogP contribution is 2.35. The average molecular weight is 384 g/mol. The van der Waals surface area contributed by atoms with Gasteiger partial charge in [0.1, 0.15) is 0 Å². The van der Waals surface area contributed by atoms with E-state index in [0.717, 1.165) is 0 Å². The highest BCUT2D eigenvalue weighted by Gasteiger charge is 2.24. The van der Waals surface area contributed by atoms with Crippen molar-refractivity contribution in [1.82, 2.24) is 5.32 Å². The Kier molecular flexibility index (Phi) is 5.46. The number of para-hydroxylation sites is 1. The Hall–Kier alpha value is -3.26. The van der Waals surface area contributed by atoms with Crippen LogP contribution in [0.15, 0.2) is 52.4 Å². The molecule has 1 fully saturated rings. The van der Waals surface area contributed by atoms with Gasteiger partial charge in [0.2, 0.25) is 0 Å². The number of nitrogens with one attached hydrogen (secondary N) is 1. The molecule has 0 unspecified atom stereocenters. The molecular formula is C19H16N2O5S. The van der Waals surface area contributed by atoms with Gasteiger partial charge in [0, 0.05) is 5.56 Å². The number of thioether (sulfide) groups is 1. The van der Waals surface area contributed by atoms with Crippen LogP contribution >= 0.6 is 11.8 Å². The summed E-state index contributed by atoms with van der Waals surface area (Å²) in [4.78, 5) is 27.9. The molecule has 2 aromatic carbocycles. The maximum Gasteiger partial charge on any atom is 0.335 e. The molecule has 1 aliphatic heterocycles. The smallest absolute Gasteiger partial charge is 0.335 e. The highest BCUT2D eigenvalue weighted by molar-refractivity contribution is 8.18. The standard InChI is InChI=1S/C19H16N2O5S/c1-25-14-5-3-4-12(16(14)26-2)10-15-17(22)21-19(27-15)20-13-8-6-11(7-9-13)18(23)24/h3-10H,1-2H3,(H,23,24)(H,20,21,22)/b15-10-. The maximum absolute atomic E-state index is 12.2. The predicted octanol–water partition coefficient (Wildman–Crippen LogP) is 3.29. The lowest BCUT2D eigenvalue weighted by Gasteiger charge is -2.10. The van der Waals surface area contributed by atoms with E-state index in [1.54, 1.807) is 31.4 Å². The molecule has 1 aliphatic rings. The molecule has 0 atom stereocenters. The Labute approximate surface area is 159 Å². The van der Waals surface area contributed by atoms with E-state index in [0.29, 0.717) is 32.8 Å². The topological polar surface area (TPSA) is 97.2 Å². The predicted molar refractivity (Wildman–Crippen MR) is 104 cm³/mol. The van der Waals surface area contributed by atoms with E-state index in [1.165, 1.54) is 31.0 Å². The highest BCUT2D eigenvalue weighted by atomic mass is 32.2. The number of carboxylic acids is 1. The zero-order chi connectivity index (χ0) is 19.4. The van der Waals surface area contributed by atoms with Crippen molar-refractivity contribution >= 4 is 40.6 Å². The molecule has 0 radical (unpaired) electrons. The second-order valence-corrected chi connectivity index (χ2v) is 6.45. The molecule has 2 N–H and O–H groups in total. The van der Waals surface area contributed by atoms with Gasteiger partial charge in [0.25, 0.3) is 5.91 Å². The number of aliphatic imine (C=N–C) groups is 1. The van der Waals surface area contributed by atoms with Crippen molar-refractivity contribution in [3.8, 4) is 11.5 Å². The van der Waals surface area contributed by atoms with Gasteiger partial charge in [-0.2, -0.15) is 0 Å². The van der Waals surface area contributed by atoms with E-state index in [2.05, 4.69) is 10.3 Å². The molecule has 8 heteroatoms. The SMILES string of the molecule is COc1cccc(/C=C2\SC(=Nc3ccc(C(=O)O)cc3)NC2=O)c1OC. The summed E-state index contributed by atoms with van der Waals surface area (Å²) in [6.07, 6.45) is 1.71. The molecule has 27 heavy (non-hydrogen) atoms. The number of nitrogens with zero attached hydrogens (tertiary/aromatic N) is 1. The molecule has 0 spiro atoms. The third-order valence-corrected chi connectivity index (χ3v) is 4.63. The number of carboxylic acid groups (broad SMARTS) is 1. The van der Waals surface area contributed by atoms with Crippen LogP contribution in [0.5, 0.6) is 11.5 Å². The van der Waals surface area contributed by atoms with Crippen LogP contribution in [0.1, 0.15) is 15.9 Å². The monoisotopic (exact) mass is 384 g/mol. The molecule has 0 saturated carbocycles. The van der Waals surface area contributed by atoms with Crippen LogP contribution in [0.4, 0.5) is 5.69 Å². The number of hydrogen-bond acceptors (Lipinski definition) is 6. The fraction of sp³-hybridized carbons (Fsp3) is 0.105. The van der Waals surface area contributed by atoms with Crippen LogP contribution in [-0.2, 0) is 4.79 Å². The number of hydrogen-bond donors (Lipinski definition) is 2. The van der Waals surface area contributed by atoms with Crippen LogP contribution < -0.4 is 14.8 Å². The van der Waals surface area contributed by atoms with Crippen molar-refractivity contribution in [2.75, 3.05) is 14.2 Å². The van der Waals surface area contributed by atoms with E-state index in [-0.39, 0.29) is 11.5 Å². The molecule has 0 aliphatic carbocycles. The Balaban J connectivity index is 1.85. The number of carbonyl (C=O) groups excluding carboxylic acids is 1. The number of ether oxygens (including phenoxy) is 2. The lowest BCUT2D eigenvalue weighted by atomic mass is 10.1. The summed E-state index contributed by atoms with van der Waals surface area (Å²) in [5, 5.41) is 12.0. The molecule has 1 heterocycles. The second-order valence-electron chi connectivity index (χ2n) is 5.42. The third-order valence-electron chi connectivity index (χ3n) is 3.72. The molecule has 1 amide bonds. The second kappa shape index (κ2) is 7.96. The normalized spacial score (nSPS) is 16.4. The summed E-state index contributed by atoms with van der Waals surface area (Å²) < 4.78 is 10.6. The van der Waals surface area contributed by atoms with Gasteiger partial charge in [0.15, 0.2) is 16.7 Å². The number of aromatic carboxylic acids is 1.